The van der Waals surface area contributed by atoms with E-state index in [1.807, 2.05) is 0 Å². The predicted molar refractivity (Wildman–Crippen MR) is 120 cm³/mol. The number of hydrogen-bond acceptors (Lipinski definition) is 6. The average molecular weight is 515 g/mol. The maximum Gasteiger partial charge on any atom is 0.310 e. The zero-order chi connectivity index (χ0) is 23.4. The number of ether oxygens (including phenoxy) is 1. The first kappa shape index (κ1) is 22.2. The number of anilines is 1. The normalized spacial score (nSPS) is 10.7. The Hall–Kier alpha value is -3.99. The molecule has 0 aliphatic heterocycles. The summed E-state index contributed by atoms with van der Waals surface area (Å²) in [7, 11) is 0. The van der Waals surface area contributed by atoms with Crippen LogP contribution in [0.3, 0.4) is 0 Å². The third-order valence-electron chi connectivity index (χ3n) is 4.52. The van der Waals surface area contributed by atoms with Gasteiger partial charge in [0, 0.05) is 12.3 Å². The Morgan fingerprint density at radius 2 is 1.94 bits per heavy atom. The van der Waals surface area contributed by atoms with Gasteiger partial charge in [-0.2, -0.15) is 5.10 Å². The van der Waals surface area contributed by atoms with Crippen LogP contribution in [0, 0.1) is 15.9 Å². The Kier molecular flexibility index (Phi) is 6.50. The van der Waals surface area contributed by atoms with Crippen LogP contribution in [0.1, 0.15) is 21.9 Å². The Labute approximate surface area is 195 Å². The molecule has 168 valence electrons. The molecule has 0 saturated carbocycles. The minimum Gasteiger partial charge on any atom is -0.479 e. The maximum absolute atomic E-state index is 13.1. The standard InChI is InChI=1S/C22H16BrFN4O5/c23-17-12-27(11-14-5-7-15(24)8-6-14)26-21(17)25-22(29)20-10-9-16(33-20)13-32-19-4-2-1-3-18(19)28(30)31/h1-10,12H,11,13H2,(H,25,26,29). The van der Waals surface area contributed by atoms with Crippen molar-refractivity contribution in [2.24, 2.45) is 0 Å². The molecule has 0 radical (unpaired) electrons. The van der Waals surface area contributed by atoms with Crippen LogP contribution in [0.4, 0.5) is 15.9 Å². The molecule has 0 aliphatic rings. The summed E-state index contributed by atoms with van der Waals surface area (Å²) in [6.45, 7) is 0.302. The summed E-state index contributed by atoms with van der Waals surface area (Å²) >= 11 is 3.35. The van der Waals surface area contributed by atoms with Gasteiger partial charge in [0.2, 0.25) is 0 Å². The molecule has 0 unspecified atom stereocenters. The number of nitrogens with zero attached hydrogens (tertiary/aromatic N) is 3. The molecule has 4 aromatic rings. The molecule has 2 aromatic heterocycles. The minimum atomic E-state index is -0.538. The van der Waals surface area contributed by atoms with Gasteiger partial charge in [0.05, 0.1) is 15.9 Å². The Balaban J connectivity index is 1.38. The van der Waals surface area contributed by atoms with Crippen molar-refractivity contribution in [3.05, 3.63) is 104 Å². The number of aromatic nitrogens is 2. The second kappa shape index (κ2) is 9.65. The van der Waals surface area contributed by atoms with Gasteiger partial charge in [0.1, 0.15) is 18.2 Å². The van der Waals surface area contributed by atoms with Gasteiger partial charge < -0.3 is 14.5 Å². The second-order valence-corrected chi connectivity index (χ2v) is 7.74. The molecule has 1 amide bonds. The lowest BCUT2D eigenvalue weighted by molar-refractivity contribution is -0.386. The van der Waals surface area contributed by atoms with Gasteiger partial charge in [-0.3, -0.25) is 19.6 Å². The first-order valence-corrected chi connectivity index (χ1v) is 10.4. The van der Waals surface area contributed by atoms with Crippen molar-refractivity contribution in [3.63, 3.8) is 0 Å². The lowest BCUT2D eigenvalue weighted by Gasteiger charge is -2.04. The molecule has 4 rings (SSSR count). The number of carbonyl (C=O) groups excluding carboxylic acids is 1. The first-order valence-electron chi connectivity index (χ1n) is 9.63. The summed E-state index contributed by atoms with van der Waals surface area (Å²) in [6, 6.07) is 15.0. The largest absolute Gasteiger partial charge is 0.479 e. The number of carbonyl (C=O) groups is 1. The predicted octanol–water partition coefficient (Wildman–Crippen LogP) is 5.17. The Morgan fingerprint density at radius 1 is 1.18 bits per heavy atom. The SMILES string of the molecule is O=C(Nc1nn(Cc2ccc(F)cc2)cc1Br)c1ccc(COc2ccccc2[N+](=O)[O-])o1. The molecule has 0 aliphatic carbocycles. The molecule has 0 bridgehead atoms. The molecular weight excluding hydrogens is 499 g/mol. The molecule has 0 spiro atoms. The fourth-order valence-corrected chi connectivity index (χ4v) is 3.38. The van der Waals surface area contributed by atoms with E-state index in [0.29, 0.717) is 16.8 Å². The molecule has 0 atom stereocenters. The van der Waals surface area contributed by atoms with E-state index < -0.39 is 10.8 Å². The highest BCUT2D eigenvalue weighted by molar-refractivity contribution is 9.10. The van der Waals surface area contributed by atoms with Crippen LogP contribution in [0.5, 0.6) is 5.75 Å². The number of rotatable bonds is 8. The lowest BCUT2D eigenvalue weighted by Crippen LogP contribution is -2.12. The number of nitrogens with one attached hydrogen (secondary N) is 1. The monoisotopic (exact) mass is 514 g/mol. The number of halogens is 2. The van der Waals surface area contributed by atoms with E-state index in [2.05, 4.69) is 26.3 Å². The number of para-hydroxylation sites is 2. The summed E-state index contributed by atoms with van der Waals surface area (Å²) < 4.78 is 26.2. The molecule has 2 aromatic carbocycles. The van der Waals surface area contributed by atoms with Crippen LogP contribution < -0.4 is 10.1 Å². The van der Waals surface area contributed by atoms with Crippen molar-refractivity contribution in [2.75, 3.05) is 5.32 Å². The van der Waals surface area contributed by atoms with Crippen LogP contribution >= 0.6 is 15.9 Å². The van der Waals surface area contributed by atoms with E-state index in [9.17, 15) is 19.3 Å². The van der Waals surface area contributed by atoms with E-state index in [4.69, 9.17) is 9.15 Å². The van der Waals surface area contributed by atoms with Crippen molar-refractivity contribution in [1.29, 1.82) is 0 Å². The van der Waals surface area contributed by atoms with Gasteiger partial charge in [-0.05, 0) is 51.8 Å². The highest BCUT2D eigenvalue weighted by Gasteiger charge is 2.17. The fraction of sp³-hybridized carbons (Fsp3) is 0.0909. The average Bonchev–Trinajstić information content (AvgIpc) is 3.40. The molecule has 0 saturated heterocycles. The molecule has 1 N–H and O–H groups in total. The van der Waals surface area contributed by atoms with Crippen molar-refractivity contribution in [1.82, 2.24) is 9.78 Å². The molecule has 11 heteroatoms. The third-order valence-corrected chi connectivity index (χ3v) is 5.10. The first-order chi connectivity index (χ1) is 15.9. The van der Waals surface area contributed by atoms with Crippen LogP contribution in [0.2, 0.25) is 0 Å². The summed E-state index contributed by atoms with van der Waals surface area (Å²) in [6.07, 6.45) is 1.69. The maximum atomic E-state index is 13.1. The van der Waals surface area contributed by atoms with Gasteiger partial charge in [-0.25, -0.2) is 4.39 Å². The van der Waals surface area contributed by atoms with Crippen molar-refractivity contribution < 1.29 is 23.3 Å². The summed E-state index contributed by atoms with van der Waals surface area (Å²) in [5, 5.41) is 18.0. The Bertz CT molecular complexity index is 1300. The van der Waals surface area contributed by atoms with Crippen LogP contribution in [0.15, 0.2) is 75.8 Å². The van der Waals surface area contributed by atoms with Crippen LogP contribution in [-0.4, -0.2) is 20.6 Å². The molecule has 2 heterocycles. The van der Waals surface area contributed by atoms with E-state index in [0.717, 1.165) is 5.56 Å². The van der Waals surface area contributed by atoms with Crippen molar-refractivity contribution in [2.45, 2.75) is 13.2 Å². The highest BCUT2D eigenvalue weighted by Crippen LogP contribution is 2.27. The quantitative estimate of drug-likeness (QED) is 0.256. The van der Waals surface area contributed by atoms with Gasteiger partial charge >= 0.3 is 5.69 Å². The van der Waals surface area contributed by atoms with Crippen molar-refractivity contribution in [3.8, 4) is 5.75 Å². The van der Waals surface area contributed by atoms with E-state index in [-0.39, 0.29) is 35.4 Å². The van der Waals surface area contributed by atoms with Gasteiger partial charge in [-0.15, -0.1) is 0 Å². The number of amides is 1. The second-order valence-electron chi connectivity index (χ2n) is 6.88. The molecular formula is C22H16BrFN4O5. The Morgan fingerprint density at radius 3 is 2.70 bits per heavy atom. The van der Waals surface area contributed by atoms with Gasteiger partial charge in [-0.1, -0.05) is 24.3 Å². The van der Waals surface area contributed by atoms with E-state index in [1.54, 1.807) is 41.2 Å². The zero-order valence-electron chi connectivity index (χ0n) is 16.9. The van der Waals surface area contributed by atoms with Crippen LogP contribution in [-0.2, 0) is 13.2 Å². The topological polar surface area (TPSA) is 112 Å². The molecule has 33 heavy (non-hydrogen) atoms. The highest BCUT2D eigenvalue weighted by atomic mass is 79.9. The third kappa shape index (κ3) is 5.44. The summed E-state index contributed by atoms with van der Waals surface area (Å²) in [5.74, 6) is -0.120. The zero-order valence-corrected chi connectivity index (χ0v) is 18.5. The van der Waals surface area contributed by atoms with Gasteiger partial charge in [0.15, 0.2) is 17.3 Å². The van der Waals surface area contributed by atoms with Gasteiger partial charge in [0.25, 0.3) is 5.91 Å². The van der Waals surface area contributed by atoms with E-state index >= 15 is 0 Å². The number of furan rings is 1. The van der Waals surface area contributed by atoms with E-state index in [1.165, 1.54) is 30.3 Å². The summed E-state index contributed by atoms with van der Waals surface area (Å²) in [5.41, 5.74) is 0.682. The lowest BCUT2D eigenvalue weighted by atomic mass is 10.2. The molecule has 0 fully saturated rings. The number of hydrogen-bond donors (Lipinski definition) is 1. The minimum absolute atomic E-state index is 0.0242. The fourth-order valence-electron chi connectivity index (χ4n) is 2.97. The number of nitro groups is 1. The van der Waals surface area contributed by atoms with Crippen molar-refractivity contribution >= 4 is 33.3 Å². The molecule has 9 nitrogen and oxygen atoms in total. The van der Waals surface area contributed by atoms with Crippen LogP contribution in [0.25, 0.3) is 0 Å². The summed E-state index contributed by atoms with van der Waals surface area (Å²) in [4.78, 5) is 23.1. The number of nitro benzene ring substituents is 1. The smallest absolute Gasteiger partial charge is 0.310 e. The number of benzene rings is 2.